The van der Waals surface area contributed by atoms with Gasteiger partial charge in [0.2, 0.25) is 0 Å². The Morgan fingerprint density at radius 1 is 1.56 bits per heavy atom. The molecule has 0 N–H and O–H groups in total. The molecule has 1 saturated heterocycles. The summed E-state index contributed by atoms with van der Waals surface area (Å²) in [5.41, 5.74) is -0.216. The first-order chi connectivity index (χ1) is 8.41. The number of halogens is 3. The van der Waals surface area contributed by atoms with Gasteiger partial charge in [0, 0.05) is 23.8 Å². The van der Waals surface area contributed by atoms with E-state index in [4.69, 9.17) is 16.3 Å². The Morgan fingerprint density at radius 3 is 2.89 bits per heavy atom. The van der Waals surface area contributed by atoms with Gasteiger partial charge in [-0.25, -0.2) is 4.98 Å². The first-order valence-corrected chi connectivity index (χ1v) is 7.83. The van der Waals surface area contributed by atoms with Crippen LogP contribution in [0.2, 0.25) is 0 Å². The van der Waals surface area contributed by atoms with Crippen molar-refractivity contribution >= 4 is 49.3 Å². The number of rotatable bonds is 2. The highest BCUT2D eigenvalue weighted by atomic mass is 79.9. The van der Waals surface area contributed by atoms with Crippen LogP contribution in [0.25, 0.3) is 0 Å². The average Bonchev–Trinajstić information content (AvgIpc) is 2.26. The summed E-state index contributed by atoms with van der Waals surface area (Å²) in [6, 6.07) is 2.00. The van der Waals surface area contributed by atoms with Crippen LogP contribution in [-0.4, -0.2) is 35.7 Å². The molecule has 2 rings (SSSR count). The predicted octanol–water partition coefficient (Wildman–Crippen LogP) is 3.83. The van der Waals surface area contributed by atoms with E-state index in [-0.39, 0.29) is 11.7 Å². The summed E-state index contributed by atoms with van der Waals surface area (Å²) in [4.78, 5) is 6.68. The smallest absolute Gasteiger partial charge is 0.143 e. The molecule has 1 aliphatic heterocycles. The van der Waals surface area contributed by atoms with Gasteiger partial charge in [-0.3, -0.25) is 0 Å². The van der Waals surface area contributed by atoms with Gasteiger partial charge in [-0.1, -0.05) is 0 Å². The van der Waals surface area contributed by atoms with Gasteiger partial charge in [0.05, 0.1) is 22.1 Å². The molecular formula is C12H15Br2ClN2O. The molecule has 1 unspecified atom stereocenters. The van der Waals surface area contributed by atoms with E-state index in [9.17, 15) is 0 Å². The first-order valence-electron chi connectivity index (χ1n) is 5.71. The van der Waals surface area contributed by atoms with Crippen LogP contribution in [0.15, 0.2) is 21.2 Å². The van der Waals surface area contributed by atoms with Crippen LogP contribution in [-0.2, 0) is 4.74 Å². The van der Waals surface area contributed by atoms with Crippen LogP contribution >= 0.6 is 43.5 Å². The number of morpholine rings is 1. The minimum absolute atomic E-state index is 0.0350. The van der Waals surface area contributed by atoms with Gasteiger partial charge < -0.3 is 9.64 Å². The molecule has 0 saturated carbocycles. The van der Waals surface area contributed by atoms with E-state index in [0.29, 0.717) is 5.88 Å². The van der Waals surface area contributed by atoms with Crippen LogP contribution in [0, 0.1) is 0 Å². The van der Waals surface area contributed by atoms with Crippen molar-refractivity contribution in [3.63, 3.8) is 0 Å². The van der Waals surface area contributed by atoms with Gasteiger partial charge in [0.15, 0.2) is 0 Å². The SMILES string of the molecule is CC1(C)CN(c2ncc(Br)cc2Br)CC(CCl)O1. The molecule has 1 atom stereocenters. The number of aromatic nitrogens is 1. The zero-order chi connectivity index (χ0) is 13.3. The quantitative estimate of drug-likeness (QED) is 0.708. The maximum absolute atomic E-state index is 5.93. The van der Waals surface area contributed by atoms with E-state index in [0.717, 1.165) is 27.9 Å². The predicted molar refractivity (Wildman–Crippen MR) is 81.5 cm³/mol. The molecular weight excluding hydrogens is 383 g/mol. The lowest BCUT2D eigenvalue weighted by Crippen LogP contribution is -2.53. The molecule has 0 aromatic carbocycles. The highest BCUT2D eigenvalue weighted by Gasteiger charge is 2.34. The van der Waals surface area contributed by atoms with E-state index < -0.39 is 0 Å². The average molecular weight is 399 g/mol. The second-order valence-electron chi connectivity index (χ2n) is 4.99. The highest BCUT2D eigenvalue weighted by Crippen LogP contribution is 2.31. The molecule has 1 aliphatic rings. The summed E-state index contributed by atoms with van der Waals surface area (Å²) >= 11 is 12.9. The topological polar surface area (TPSA) is 25.4 Å². The fourth-order valence-electron chi connectivity index (χ4n) is 2.18. The van der Waals surface area contributed by atoms with Gasteiger partial charge in [-0.05, 0) is 51.8 Å². The van der Waals surface area contributed by atoms with Crippen LogP contribution < -0.4 is 4.90 Å². The third-order valence-electron chi connectivity index (χ3n) is 2.74. The number of nitrogens with zero attached hydrogens (tertiary/aromatic N) is 2. The van der Waals surface area contributed by atoms with Crippen LogP contribution in [0.1, 0.15) is 13.8 Å². The lowest BCUT2D eigenvalue weighted by Gasteiger charge is -2.43. The van der Waals surface area contributed by atoms with Gasteiger partial charge >= 0.3 is 0 Å². The van der Waals surface area contributed by atoms with Crippen molar-refractivity contribution in [1.82, 2.24) is 4.98 Å². The zero-order valence-corrected chi connectivity index (χ0v) is 14.2. The van der Waals surface area contributed by atoms with Crippen molar-refractivity contribution in [2.75, 3.05) is 23.9 Å². The molecule has 0 aliphatic carbocycles. The maximum Gasteiger partial charge on any atom is 0.143 e. The van der Waals surface area contributed by atoms with E-state index >= 15 is 0 Å². The van der Waals surface area contributed by atoms with Crippen LogP contribution in [0.3, 0.4) is 0 Å². The van der Waals surface area contributed by atoms with Crippen molar-refractivity contribution in [1.29, 1.82) is 0 Å². The lowest BCUT2D eigenvalue weighted by molar-refractivity contribution is -0.0736. The third kappa shape index (κ3) is 3.38. The summed E-state index contributed by atoms with van der Waals surface area (Å²) < 4.78 is 7.85. The van der Waals surface area contributed by atoms with Crippen molar-refractivity contribution in [2.45, 2.75) is 25.6 Å². The van der Waals surface area contributed by atoms with Crippen LogP contribution in [0.5, 0.6) is 0 Å². The maximum atomic E-state index is 5.93. The normalized spacial score (nSPS) is 23.2. The van der Waals surface area contributed by atoms with Crippen molar-refractivity contribution < 1.29 is 4.74 Å². The van der Waals surface area contributed by atoms with Gasteiger partial charge in [0.1, 0.15) is 5.82 Å². The number of alkyl halides is 1. The Morgan fingerprint density at radius 2 is 2.28 bits per heavy atom. The van der Waals surface area contributed by atoms with E-state index in [1.807, 2.05) is 6.07 Å². The molecule has 3 nitrogen and oxygen atoms in total. The summed E-state index contributed by atoms with van der Waals surface area (Å²) in [5.74, 6) is 1.43. The summed E-state index contributed by atoms with van der Waals surface area (Å²) in [7, 11) is 0. The van der Waals surface area contributed by atoms with Gasteiger partial charge in [-0.15, -0.1) is 11.6 Å². The molecule has 18 heavy (non-hydrogen) atoms. The monoisotopic (exact) mass is 396 g/mol. The second-order valence-corrected chi connectivity index (χ2v) is 7.07. The Kier molecular flexibility index (Phi) is 4.57. The Balaban J connectivity index is 2.26. The molecule has 0 spiro atoms. The molecule has 1 aromatic heterocycles. The van der Waals surface area contributed by atoms with Crippen molar-refractivity contribution in [3.05, 3.63) is 21.2 Å². The van der Waals surface area contributed by atoms with Crippen molar-refractivity contribution in [2.24, 2.45) is 0 Å². The highest BCUT2D eigenvalue weighted by molar-refractivity contribution is 9.11. The zero-order valence-electron chi connectivity index (χ0n) is 10.3. The second kappa shape index (κ2) is 5.65. The van der Waals surface area contributed by atoms with Gasteiger partial charge in [0.25, 0.3) is 0 Å². The Hall–Kier alpha value is 0.160. The number of ether oxygens (including phenoxy) is 1. The number of pyridine rings is 1. The van der Waals surface area contributed by atoms with E-state index in [1.165, 1.54) is 0 Å². The summed E-state index contributed by atoms with van der Waals surface area (Å²) in [6.45, 7) is 5.71. The summed E-state index contributed by atoms with van der Waals surface area (Å²) in [6.07, 6.45) is 1.84. The van der Waals surface area contributed by atoms with Gasteiger partial charge in [-0.2, -0.15) is 0 Å². The molecule has 6 heteroatoms. The molecule has 100 valence electrons. The molecule has 2 heterocycles. The summed E-state index contributed by atoms with van der Waals surface area (Å²) in [5, 5.41) is 0. The first kappa shape index (κ1) is 14.6. The fourth-order valence-corrected chi connectivity index (χ4v) is 3.58. The fraction of sp³-hybridized carbons (Fsp3) is 0.583. The molecule has 0 amide bonds. The Bertz CT molecular complexity index is 442. The molecule has 0 bridgehead atoms. The van der Waals surface area contributed by atoms with E-state index in [1.54, 1.807) is 6.20 Å². The van der Waals surface area contributed by atoms with Crippen LogP contribution in [0.4, 0.5) is 5.82 Å². The third-order valence-corrected chi connectivity index (χ3v) is 4.10. The van der Waals surface area contributed by atoms with Crippen molar-refractivity contribution in [3.8, 4) is 0 Å². The lowest BCUT2D eigenvalue weighted by atomic mass is 10.1. The molecule has 1 fully saturated rings. The Labute approximate surface area is 129 Å². The molecule has 1 aromatic rings. The standard InChI is InChI=1S/C12H15Br2ClN2O/c1-12(2)7-17(6-9(4-15)18-12)11-10(14)3-8(13)5-16-11/h3,5,9H,4,6-7H2,1-2H3. The largest absolute Gasteiger partial charge is 0.367 e. The van der Waals surface area contributed by atoms with E-state index in [2.05, 4.69) is 55.6 Å². The minimum Gasteiger partial charge on any atom is -0.367 e. The number of hydrogen-bond donors (Lipinski definition) is 0. The number of anilines is 1. The molecule has 0 radical (unpaired) electrons. The minimum atomic E-state index is -0.216. The number of hydrogen-bond acceptors (Lipinski definition) is 3.